The lowest BCUT2D eigenvalue weighted by Crippen LogP contribution is -2.44. The van der Waals surface area contributed by atoms with E-state index in [0.29, 0.717) is 24.4 Å². The molecule has 12 heteroatoms. The number of sulfonamides is 1. The van der Waals surface area contributed by atoms with E-state index in [0.717, 1.165) is 31.7 Å². The molecule has 2 aliphatic rings. The number of amides is 1. The van der Waals surface area contributed by atoms with Crippen molar-refractivity contribution in [2.45, 2.75) is 83.4 Å². The number of benzene rings is 2. The Morgan fingerprint density at radius 2 is 1.68 bits per heavy atom. The summed E-state index contributed by atoms with van der Waals surface area (Å²) in [6.45, 7) is 8.76. The fraction of sp³-hybridized carbons (Fsp3) is 0.579. The first kappa shape index (κ1) is 37.6. The van der Waals surface area contributed by atoms with Crippen molar-refractivity contribution in [1.82, 2.24) is 19.1 Å². The molecular formula is C38H55N5O6S. The molecule has 274 valence electrons. The molecule has 2 aromatic carbocycles. The van der Waals surface area contributed by atoms with Crippen LogP contribution in [0.15, 0.2) is 42.5 Å². The minimum absolute atomic E-state index is 0.147. The van der Waals surface area contributed by atoms with Crippen LogP contribution in [0.4, 0.5) is 10.5 Å². The first-order chi connectivity index (χ1) is 23.7. The second-order valence-electron chi connectivity index (χ2n) is 15.1. The molecule has 1 aromatic heterocycles. The summed E-state index contributed by atoms with van der Waals surface area (Å²) in [5.74, 6) is -0.0142. The van der Waals surface area contributed by atoms with Gasteiger partial charge in [-0.2, -0.15) is 0 Å². The fourth-order valence-corrected chi connectivity index (χ4v) is 8.41. The van der Waals surface area contributed by atoms with Gasteiger partial charge in [0, 0.05) is 55.4 Å². The molecular weight excluding hydrogens is 655 g/mol. The highest BCUT2D eigenvalue weighted by Gasteiger charge is 2.33. The second-order valence-corrected chi connectivity index (χ2v) is 16.9. The standard InChI is InChI=1S/C38H55N5O6S/c1-38(2,3)49-37(45)39-50(46,47)23-13-20-40(4)21-22-41(5)25-29-26-43-33-24-28(36(44)48-7)18-19-30(33)34(27-14-9-8-10-15-27)35(43)31-16-11-12-17-32(31)42(29)6/h11-12,16-19,24,27,29H,8-10,13-15,20-23,25-26H2,1-7H3,(H,39,45). The number of ether oxygens (including phenoxy) is 2. The van der Waals surface area contributed by atoms with E-state index in [9.17, 15) is 18.0 Å². The summed E-state index contributed by atoms with van der Waals surface area (Å²) < 4.78 is 39.5. The molecule has 0 saturated heterocycles. The van der Waals surface area contributed by atoms with Gasteiger partial charge in [0.15, 0.2) is 0 Å². The molecule has 1 amide bonds. The van der Waals surface area contributed by atoms with Crippen LogP contribution < -0.4 is 9.62 Å². The average Bonchev–Trinajstić information content (AvgIpc) is 3.32. The van der Waals surface area contributed by atoms with Gasteiger partial charge >= 0.3 is 12.1 Å². The molecule has 5 rings (SSSR count). The summed E-state index contributed by atoms with van der Waals surface area (Å²) in [6, 6.07) is 14.9. The highest BCUT2D eigenvalue weighted by molar-refractivity contribution is 7.90. The Balaban J connectivity index is 1.32. The van der Waals surface area contributed by atoms with Crippen molar-refractivity contribution in [2.24, 2.45) is 0 Å². The second kappa shape index (κ2) is 15.7. The van der Waals surface area contributed by atoms with Gasteiger partial charge in [0.25, 0.3) is 0 Å². The van der Waals surface area contributed by atoms with Crippen LogP contribution in [0, 0.1) is 0 Å². The Kier molecular flexibility index (Phi) is 11.8. The maximum atomic E-state index is 12.7. The van der Waals surface area contributed by atoms with Gasteiger partial charge in [-0.05, 0) is 90.4 Å². The molecule has 0 spiro atoms. The molecule has 1 aliphatic carbocycles. The lowest BCUT2D eigenvalue weighted by molar-refractivity contribution is 0.0567. The Morgan fingerprint density at radius 1 is 0.980 bits per heavy atom. The predicted molar refractivity (Wildman–Crippen MR) is 199 cm³/mol. The van der Waals surface area contributed by atoms with E-state index >= 15 is 0 Å². The number of hydrogen-bond donors (Lipinski definition) is 1. The minimum Gasteiger partial charge on any atom is -0.465 e. The lowest BCUT2D eigenvalue weighted by Gasteiger charge is -2.33. The third-order valence-corrected chi connectivity index (χ3v) is 11.3. The van der Waals surface area contributed by atoms with Gasteiger partial charge < -0.3 is 28.7 Å². The summed E-state index contributed by atoms with van der Waals surface area (Å²) in [5, 5.41) is 1.23. The first-order valence-corrected chi connectivity index (χ1v) is 19.5. The molecule has 1 saturated carbocycles. The molecule has 0 bridgehead atoms. The number of carbonyl (C=O) groups excluding carboxylic acids is 2. The van der Waals surface area contributed by atoms with Gasteiger partial charge in [0.05, 0.1) is 30.2 Å². The number of anilines is 1. The third kappa shape index (κ3) is 8.99. The van der Waals surface area contributed by atoms with Crippen molar-refractivity contribution in [1.29, 1.82) is 0 Å². The number of nitrogens with one attached hydrogen (secondary N) is 1. The van der Waals surface area contributed by atoms with Crippen LogP contribution >= 0.6 is 0 Å². The number of rotatable bonds is 12. The van der Waals surface area contributed by atoms with Gasteiger partial charge in [-0.25, -0.2) is 22.7 Å². The Hall–Kier alpha value is -3.61. The van der Waals surface area contributed by atoms with Gasteiger partial charge in [-0.1, -0.05) is 43.5 Å². The van der Waals surface area contributed by atoms with E-state index in [1.165, 1.54) is 67.1 Å². The average molecular weight is 710 g/mol. The molecule has 1 atom stereocenters. The number of carbonyl (C=O) groups is 2. The van der Waals surface area contributed by atoms with Crippen LogP contribution in [-0.2, 0) is 26.0 Å². The van der Waals surface area contributed by atoms with Crippen LogP contribution in [0.1, 0.15) is 81.1 Å². The number of likely N-dealkylation sites (N-methyl/N-ethyl adjacent to an activating group) is 3. The van der Waals surface area contributed by atoms with E-state index in [4.69, 9.17) is 9.47 Å². The predicted octanol–water partition coefficient (Wildman–Crippen LogP) is 6.07. The molecule has 11 nitrogen and oxygen atoms in total. The fourth-order valence-electron chi connectivity index (χ4n) is 7.50. The van der Waals surface area contributed by atoms with E-state index in [-0.39, 0.29) is 17.8 Å². The smallest absolute Gasteiger partial charge is 0.421 e. The van der Waals surface area contributed by atoms with Crippen LogP contribution in [0.3, 0.4) is 0 Å². The quantitative estimate of drug-likeness (QED) is 0.224. The molecule has 1 N–H and O–H groups in total. The van der Waals surface area contributed by atoms with Gasteiger partial charge in [0.1, 0.15) is 5.60 Å². The first-order valence-electron chi connectivity index (χ1n) is 17.8. The molecule has 3 aromatic rings. The molecule has 0 radical (unpaired) electrons. The zero-order chi connectivity index (χ0) is 36.2. The van der Waals surface area contributed by atoms with Gasteiger partial charge in [-0.15, -0.1) is 0 Å². The van der Waals surface area contributed by atoms with Crippen molar-refractivity contribution in [2.75, 3.05) is 65.1 Å². The monoisotopic (exact) mass is 709 g/mol. The highest BCUT2D eigenvalue weighted by atomic mass is 32.2. The number of nitrogens with zero attached hydrogens (tertiary/aromatic N) is 4. The maximum absolute atomic E-state index is 12.7. The summed E-state index contributed by atoms with van der Waals surface area (Å²) >= 11 is 0. The Bertz CT molecular complexity index is 1780. The normalized spacial score (nSPS) is 17.1. The van der Waals surface area contributed by atoms with Gasteiger partial charge in [-0.3, -0.25) is 0 Å². The SMILES string of the molecule is COC(=O)c1ccc2c(C3CCCCC3)c3n(c2c1)CC(CN(C)CCN(C)CCCS(=O)(=O)NC(=O)OC(C)(C)C)N(C)c1ccccc1-3. The zero-order valence-corrected chi connectivity index (χ0v) is 31.6. The van der Waals surface area contributed by atoms with E-state index < -0.39 is 21.7 Å². The maximum Gasteiger partial charge on any atom is 0.421 e. The number of esters is 1. The molecule has 50 heavy (non-hydrogen) atoms. The summed E-state index contributed by atoms with van der Waals surface area (Å²) in [7, 11) is 3.95. The van der Waals surface area contributed by atoms with Crippen LogP contribution in [-0.4, -0.2) is 107 Å². The molecule has 2 heterocycles. The summed E-state index contributed by atoms with van der Waals surface area (Å²) in [6.07, 6.45) is 5.54. The van der Waals surface area contributed by atoms with E-state index in [1.54, 1.807) is 20.8 Å². The van der Waals surface area contributed by atoms with Crippen molar-refractivity contribution >= 4 is 38.7 Å². The number of fused-ring (bicyclic) bond motifs is 5. The zero-order valence-electron chi connectivity index (χ0n) is 30.8. The van der Waals surface area contributed by atoms with Crippen molar-refractivity contribution in [3.63, 3.8) is 0 Å². The minimum atomic E-state index is -3.78. The summed E-state index contributed by atoms with van der Waals surface area (Å²) in [5.41, 5.74) is 5.99. The van der Waals surface area contributed by atoms with E-state index in [2.05, 4.69) is 63.7 Å². The highest BCUT2D eigenvalue weighted by Crippen LogP contribution is 2.48. The van der Waals surface area contributed by atoms with Crippen LogP contribution in [0.2, 0.25) is 0 Å². The van der Waals surface area contributed by atoms with E-state index in [1.807, 2.05) is 23.9 Å². The van der Waals surface area contributed by atoms with Crippen LogP contribution in [0.25, 0.3) is 22.2 Å². The topological polar surface area (TPSA) is 113 Å². The molecule has 1 fully saturated rings. The third-order valence-electron chi connectivity index (χ3n) is 9.99. The largest absolute Gasteiger partial charge is 0.465 e. The van der Waals surface area contributed by atoms with Crippen molar-refractivity contribution in [3.05, 3.63) is 53.6 Å². The molecule has 1 unspecified atom stereocenters. The van der Waals surface area contributed by atoms with Gasteiger partial charge in [0.2, 0.25) is 10.0 Å². The number of aromatic nitrogens is 1. The van der Waals surface area contributed by atoms with Crippen molar-refractivity contribution < 1.29 is 27.5 Å². The van der Waals surface area contributed by atoms with Crippen LogP contribution in [0.5, 0.6) is 0 Å². The Morgan fingerprint density at radius 3 is 2.38 bits per heavy atom. The Labute approximate surface area is 297 Å². The number of methoxy groups -OCH3 is 1. The molecule has 1 aliphatic heterocycles. The van der Waals surface area contributed by atoms with Crippen molar-refractivity contribution in [3.8, 4) is 11.3 Å². The number of para-hydroxylation sites is 1. The number of hydrogen-bond acceptors (Lipinski definition) is 9. The lowest BCUT2D eigenvalue weighted by atomic mass is 9.81. The summed E-state index contributed by atoms with van der Waals surface area (Å²) in [4.78, 5) is 31.5.